The van der Waals surface area contributed by atoms with Crippen LogP contribution in [0.15, 0.2) is 23.6 Å². The molecule has 0 aliphatic carbocycles. The second kappa shape index (κ2) is 5.16. The molecule has 1 atom stereocenters. The summed E-state index contributed by atoms with van der Waals surface area (Å²) in [6.45, 7) is 0. The van der Waals surface area contributed by atoms with Crippen LogP contribution in [0.5, 0.6) is 0 Å². The highest BCUT2D eigenvalue weighted by Gasteiger charge is 2.21. The number of rotatable bonds is 2. The van der Waals surface area contributed by atoms with Crippen LogP contribution in [-0.4, -0.2) is 0 Å². The maximum Gasteiger partial charge on any atom is 0.134 e. The minimum atomic E-state index is -0.969. The first-order valence-corrected chi connectivity index (χ1v) is 6.91. The lowest BCUT2D eigenvalue weighted by atomic mass is 10.1. The van der Waals surface area contributed by atoms with E-state index < -0.39 is 22.8 Å². The van der Waals surface area contributed by atoms with Crippen molar-refractivity contribution in [3.63, 3.8) is 0 Å². The maximum atomic E-state index is 13.5. The Balaban J connectivity index is 2.47. The smallest absolute Gasteiger partial charge is 0.134 e. The molecule has 2 aromatic rings. The highest BCUT2D eigenvalue weighted by Crippen LogP contribution is 2.35. The minimum absolute atomic E-state index is 0.317. The van der Waals surface area contributed by atoms with Crippen molar-refractivity contribution in [2.75, 3.05) is 0 Å². The van der Waals surface area contributed by atoms with Gasteiger partial charge in [0.25, 0.3) is 0 Å². The predicted octanol–water partition coefficient (Wildman–Crippen LogP) is 5.10. The van der Waals surface area contributed by atoms with E-state index in [-0.39, 0.29) is 5.56 Å². The second-order valence-electron chi connectivity index (χ2n) is 3.33. The molecule has 0 N–H and O–H groups in total. The Hall–Kier alpha value is -0.270. The lowest BCUT2D eigenvalue weighted by Crippen LogP contribution is -2.01. The summed E-state index contributed by atoms with van der Waals surface area (Å²) in [5.74, 6) is -2.89. The topological polar surface area (TPSA) is 0 Å². The van der Waals surface area contributed by atoms with Crippen molar-refractivity contribution in [3.05, 3.63) is 55.0 Å². The molecule has 6 heteroatoms. The second-order valence-corrected chi connectivity index (χ2v) is 6.57. The molecule has 2 rings (SSSR count). The summed E-state index contributed by atoms with van der Waals surface area (Å²) in [6, 6.07) is 3.00. The molecule has 1 heterocycles. The summed E-state index contributed by atoms with van der Waals surface area (Å²) in [6.07, 6.45) is 0. The molecule has 90 valence electrons. The third-order valence-corrected chi connectivity index (χ3v) is 4.46. The van der Waals surface area contributed by atoms with Crippen LogP contribution in [0, 0.1) is 20.3 Å². The van der Waals surface area contributed by atoms with Crippen LogP contribution in [0.1, 0.15) is 16.5 Å². The first-order chi connectivity index (χ1) is 7.99. The number of hydrogen-bond acceptors (Lipinski definition) is 1. The van der Waals surface area contributed by atoms with Gasteiger partial charge in [0.05, 0.1) is 8.26 Å². The third-order valence-electron chi connectivity index (χ3n) is 2.18. The minimum Gasteiger partial charge on any atom is -0.207 e. The third kappa shape index (κ3) is 2.77. The van der Waals surface area contributed by atoms with Gasteiger partial charge in [0.1, 0.15) is 17.5 Å². The van der Waals surface area contributed by atoms with Gasteiger partial charge in [-0.15, -0.1) is 22.9 Å². The Bertz CT molecular complexity index is 532. The van der Waals surface area contributed by atoms with Gasteiger partial charge in [0, 0.05) is 17.7 Å². The van der Waals surface area contributed by atoms with E-state index in [0.717, 1.165) is 2.88 Å². The zero-order valence-electron chi connectivity index (χ0n) is 8.18. The van der Waals surface area contributed by atoms with Crippen molar-refractivity contribution in [2.45, 2.75) is 5.38 Å². The molecular formula is C11H5ClF3IS. The fourth-order valence-corrected chi connectivity index (χ4v) is 3.23. The molecule has 17 heavy (non-hydrogen) atoms. The Morgan fingerprint density at radius 1 is 1.12 bits per heavy atom. The van der Waals surface area contributed by atoms with Gasteiger partial charge in [-0.1, -0.05) is 0 Å². The lowest BCUT2D eigenvalue weighted by molar-refractivity contribution is 0.526. The van der Waals surface area contributed by atoms with Crippen molar-refractivity contribution >= 4 is 45.5 Å². The normalized spacial score (nSPS) is 12.8. The first kappa shape index (κ1) is 13.2. The van der Waals surface area contributed by atoms with Gasteiger partial charge in [-0.05, 0) is 39.6 Å². The van der Waals surface area contributed by atoms with Crippen LogP contribution in [0.4, 0.5) is 13.2 Å². The molecule has 0 amide bonds. The summed E-state index contributed by atoms with van der Waals surface area (Å²) in [4.78, 5) is 0. The molecule has 0 radical (unpaired) electrons. The maximum absolute atomic E-state index is 13.5. The number of halogens is 5. The molecule has 1 aromatic carbocycles. The van der Waals surface area contributed by atoms with Crippen molar-refractivity contribution in [1.29, 1.82) is 0 Å². The van der Waals surface area contributed by atoms with Crippen molar-refractivity contribution in [2.24, 2.45) is 0 Å². The number of thiophene rings is 1. The Morgan fingerprint density at radius 2 is 1.71 bits per heavy atom. The zero-order chi connectivity index (χ0) is 12.6. The van der Waals surface area contributed by atoms with Crippen LogP contribution in [0.2, 0.25) is 0 Å². The van der Waals surface area contributed by atoms with E-state index in [2.05, 4.69) is 22.6 Å². The van der Waals surface area contributed by atoms with Gasteiger partial charge in [0.15, 0.2) is 0 Å². The monoisotopic (exact) mass is 388 g/mol. The van der Waals surface area contributed by atoms with E-state index in [9.17, 15) is 13.2 Å². The summed E-state index contributed by atoms with van der Waals surface area (Å²) in [5.41, 5.74) is 0.285. The highest BCUT2D eigenvalue weighted by atomic mass is 127. The van der Waals surface area contributed by atoms with Crippen molar-refractivity contribution < 1.29 is 13.2 Å². The SMILES string of the molecule is Fc1cc(F)c(C(Cl)c2csc(I)c2)c(F)c1. The average Bonchev–Trinajstić information content (AvgIpc) is 2.63. The summed E-state index contributed by atoms with van der Waals surface area (Å²) in [5, 5.41) is 0.775. The van der Waals surface area contributed by atoms with Gasteiger partial charge < -0.3 is 0 Å². The molecule has 0 fully saturated rings. The standard InChI is InChI=1S/C11H5ClF3IS/c12-11(5-1-9(16)17-4-5)10-7(14)2-6(13)3-8(10)15/h1-4,11H. The molecule has 0 bridgehead atoms. The van der Waals surface area contributed by atoms with Crippen LogP contribution in [-0.2, 0) is 0 Å². The van der Waals surface area contributed by atoms with E-state index in [1.54, 1.807) is 11.4 Å². The molecule has 0 spiro atoms. The summed E-state index contributed by atoms with van der Waals surface area (Å²) >= 11 is 9.52. The number of hydrogen-bond donors (Lipinski definition) is 0. The molecule has 0 saturated heterocycles. The first-order valence-electron chi connectivity index (χ1n) is 4.51. The number of alkyl halides is 1. The largest absolute Gasteiger partial charge is 0.207 e. The van der Waals surface area contributed by atoms with E-state index in [4.69, 9.17) is 11.6 Å². The fraction of sp³-hybridized carbons (Fsp3) is 0.0909. The Kier molecular flexibility index (Phi) is 3.99. The lowest BCUT2D eigenvalue weighted by Gasteiger charge is -2.10. The van der Waals surface area contributed by atoms with Crippen LogP contribution >= 0.6 is 45.5 Å². The van der Waals surface area contributed by atoms with Crippen LogP contribution in [0.25, 0.3) is 0 Å². The van der Waals surface area contributed by atoms with Gasteiger partial charge in [-0.3, -0.25) is 0 Å². The molecule has 0 aliphatic rings. The molecule has 0 aliphatic heterocycles. The van der Waals surface area contributed by atoms with Crippen molar-refractivity contribution in [1.82, 2.24) is 0 Å². The van der Waals surface area contributed by atoms with E-state index in [1.807, 2.05) is 0 Å². The van der Waals surface area contributed by atoms with E-state index in [1.165, 1.54) is 11.3 Å². The average molecular weight is 389 g/mol. The predicted molar refractivity (Wildman–Crippen MR) is 71.0 cm³/mol. The molecule has 1 unspecified atom stereocenters. The van der Waals surface area contributed by atoms with Gasteiger partial charge >= 0.3 is 0 Å². The molecule has 1 aromatic heterocycles. The van der Waals surface area contributed by atoms with E-state index in [0.29, 0.717) is 17.7 Å². The summed E-state index contributed by atoms with van der Waals surface area (Å²) < 4.78 is 40.7. The van der Waals surface area contributed by atoms with Crippen LogP contribution < -0.4 is 0 Å². The van der Waals surface area contributed by atoms with Crippen LogP contribution in [0.3, 0.4) is 0 Å². The molecule has 0 nitrogen and oxygen atoms in total. The Labute approximate surface area is 119 Å². The van der Waals surface area contributed by atoms with Gasteiger partial charge in [-0.2, -0.15) is 0 Å². The Morgan fingerprint density at radius 3 is 2.18 bits per heavy atom. The molecular weight excluding hydrogens is 384 g/mol. The quantitative estimate of drug-likeness (QED) is 0.496. The summed E-state index contributed by atoms with van der Waals surface area (Å²) in [7, 11) is 0. The van der Waals surface area contributed by atoms with E-state index >= 15 is 0 Å². The van der Waals surface area contributed by atoms with Crippen molar-refractivity contribution in [3.8, 4) is 0 Å². The zero-order valence-corrected chi connectivity index (χ0v) is 11.9. The highest BCUT2D eigenvalue weighted by molar-refractivity contribution is 14.1. The van der Waals surface area contributed by atoms with Gasteiger partial charge in [-0.25, -0.2) is 13.2 Å². The number of benzene rings is 1. The fourth-order valence-electron chi connectivity index (χ4n) is 1.42. The van der Waals surface area contributed by atoms with Gasteiger partial charge in [0.2, 0.25) is 0 Å². The molecule has 0 saturated carbocycles.